The number of ether oxygens (including phenoxy) is 4. The summed E-state index contributed by atoms with van der Waals surface area (Å²) in [6, 6.07) is 9.71. The van der Waals surface area contributed by atoms with Crippen LogP contribution >= 0.6 is 0 Å². The number of benzene rings is 1. The molecule has 4 nitrogen and oxygen atoms in total. The van der Waals surface area contributed by atoms with Crippen LogP contribution in [-0.2, 0) is 14.2 Å². The lowest BCUT2D eigenvalue weighted by Gasteiger charge is -2.17. The molecule has 0 amide bonds. The van der Waals surface area contributed by atoms with Gasteiger partial charge in [-0.3, -0.25) is 0 Å². The number of para-hydroxylation sites is 1. The van der Waals surface area contributed by atoms with Gasteiger partial charge in [0.2, 0.25) is 0 Å². The van der Waals surface area contributed by atoms with E-state index in [0.29, 0.717) is 13.2 Å². The van der Waals surface area contributed by atoms with Crippen LogP contribution in [0.25, 0.3) is 0 Å². The van der Waals surface area contributed by atoms with Crippen molar-refractivity contribution in [1.82, 2.24) is 0 Å². The molecule has 0 radical (unpaired) electrons. The highest BCUT2D eigenvalue weighted by Crippen LogP contribution is 2.31. The number of rotatable bonds is 4. The van der Waals surface area contributed by atoms with Gasteiger partial charge in [0.15, 0.2) is 6.10 Å². The van der Waals surface area contributed by atoms with E-state index in [-0.39, 0.29) is 24.4 Å². The molecule has 0 saturated carbocycles. The lowest BCUT2D eigenvalue weighted by Crippen LogP contribution is -2.35. The Morgan fingerprint density at radius 2 is 1.72 bits per heavy atom. The minimum absolute atomic E-state index is 0.0586. The van der Waals surface area contributed by atoms with E-state index in [9.17, 15) is 0 Å². The summed E-state index contributed by atoms with van der Waals surface area (Å²) in [7, 11) is 0. The van der Waals surface area contributed by atoms with E-state index in [2.05, 4.69) is 6.58 Å². The summed E-state index contributed by atoms with van der Waals surface area (Å²) in [4.78, 5) is 0. The van der Waals surface area contributed by atoms with Crippen molar-refractivity contribution in [2.75, 3.05) is 13.2 Å². The average Bonchev–Trinajstić information content (AvgIpc) is 2.96. The van der Waals surface area contributed by atoms with Gasteiger partial charge in [-0.05, 0) is 12.1 Å². The van der Waals surface area contributed by atoms with E-state index in [4.69, 9.17) is 18.9 Å². The molecule has 0 N–H and O–H groups in total. The third-order valence-electron chi connectivity index (χ3n) is 3.26. The predicted octanol–water partition coefficient (Wildman–Crippen LogP) is 1.76. The molecular weight excluding hydrogens is 232 g/mol. The first-order valence-electron chi connectivity index (χ1n) is 6.10. The molecule has 0 bridgehead atoms. The third-order valence-corrected chi connectivity index (χ3v) is 3.26. The fraction of sp³-hybridized carbons (Fsp3) is 0.429. The molecule has 0 aromatic heterocycles. The second-order valence-corrected chi connectivity index (χ2v) is 4.41. The molecule has 0 spiro atoms. The lowest BCUT2D eigenvalue weighted by molar-refractivity contribution is 0.00180. The zero-order valence-corrected chi connectivity index (χ0v) is 10.0. The summed E-state index contributed by atoms with van der Waals surface area (Å²) in [6.07, 6.45) is 1.17. The Morgan fingerprint density at radius 3 is 2.44 bits per heavy atom. The molecule has 4 atom stereocenters. The predicted molar refractivity (Wildman–Crippen MR) is 65.4 cm³/mol. The van der Waals surface area contributed by atoms with Gasteiger partial charge in [-0.15, -0.1) is 0 Å². The molecule has 2 heterocycles. The van der Waals surface area contributed by atoms with Crippen molar-refractivity contribution in [3.63, 3.8) is 0 Å². The Hall–Kier alpha value is -1.52. The van der Waals surface area contributed by atoms with Crippen molar-refractivity contribution in [1.29, 1.82) is 0 Å². The summed E-state index contributed by atoms with van der Waals surface area (Å²) >= 11 is 0. The second kappa shape index (κ2) is 5.00. The van der Waals surface area contributed by atoms with Crippen LogP contribution in [0.2, 0.25) is 0 Å². The average molecular weight is 248 g/mol. The minimum Gasteiger partial charge on any atom is -0.493 e. The zero-order valence-electron chi connectivity index (χ0n) is 10.0. The van der Waals surface area contributed by atoms with Crippen LogP contribution in [0.4, 0.5) is 0 Å². The van der Waals surface area contributed by atoms with Crippen LogP contribution < -0.4 is 4.74 Å². The summed E-state index contributed by atoms with van der Waals surface area (Å²) in [6.45, 7) is 4.61. The van der Waals surface area contributed by atoms with Crippen LogP contribution in [0.5, 0.6) is 5.75 Å². The van der Waals surface area contributed by atoms with Gasteiger partial charge in [-0.25, -0.2) is 0 Å². The molecule has 18 heavy (non-hydrogen) atoms. The van der Waals surface area contributed by atoms with Crippen LogP contribution in [0.3, 0.4) is 0 Å². The first kappa shape index (κ1) is 11.6. The van der Waals surface area contributed by atoms with E-state index < -0.39 is 0 Å². The van der Waals surface area contributed by atoms with E-state index in [1.165, 1.54) is 6.26 Å². The molecule has 1 aromatic rings. The van der Waals surface area contributed by atoms with Crippen molar-refractivity contribution in [3.8, 4) is 5.75 Å². The fourth-order valence-corrected chi connectivity index (χ4v) is 2.44. The Bertz CT molecular complexity index is 406. The largest absolute Gasteiger partial charge is 0.493 e. The molecule has 0 aliphatic carbocycles. The first-order chi connectivity index (χ1) is 8.88. The maximum absolute atomic E-state index is 5.88. The molecular formula is C14H16O4. The summed E-state index contributed by atoms with van der Waals surface area (Å²) < 4.78 is 22.7. The Kier molecular flexibility index (Phi) is 3.21. The Balaban J connectivity index is 1.65. The number of fused-ring (bicyclic) bond motifs is 1. The highest BCUT2D eigenvalue weighted by atomic mass is 16.6. The van der Waals surface area contributed by atoms with Crippen molar-refractivity contribution in [2.24, 2.45) is 0 Å². The van der Waals surface area contributed by atoms with Crippen LogP contribution in [0.15, 0.2) is 43.2 Å². The summed E-state index contributed by atoms with van der Waals surface area (Å²) in [5, 5.41) is 0. The minimum atomic E-state index is -0.0733. The molecule has 4 unspecified atom stereocenters. The SMILES string of the molecule is C=COC1COC2C(Oc3ccccc3)COC12. The molecule has 2 aliphatic rings. The third kappa shape index (κ3) is 2.09. The smallest absolute Gasteiger partial charge is 0.151 e. The second-order valence-electron chi connectivity index (χ2n) is 4.41. The topological polar surface area (TPSA) is 36.9 Å². The number of hydrogen-bond donors (Lipinski definition) is 0. The van der Waals surface area contributed by atoms with Gasteiger partial charge >= 0.3 is 0 Å². The molecule has 4 heteroatoms. The van der Waals surface area contributed by atoms with Gasteiger partial charge in [-0.1, -0.05) is 24.8 Å². The summed E-state index contributed by atoms with van der Waals surface area (Å²) in [5.74, 6) is 0.837. The van der Waals surface area contributed by atoms with E-state index in [1.54, 1.807) is 0 Å². The zero-order chi connectivity index (χ0) is 12.4. The molecule has 3 rings (SSSR count). The van der Waals surface area contributed by atoms with Gasteiger partial charge < -0.3 is 18.9 Å². The van der Waals surface area contributed by atoms with E-state index >= 15 is 0 Å². The van der Waals surface area contributed by atoms with Gasteiger partial charge in [0.05, 0.1) is 19.5 Å². The van der Waals surface area contributed by atoms with E-state index in [1.807, 2.05) is 30.3 Å². The van der Waals surface area contributed by atoms with Crippen LogP contribution in [0, 0.1) is 0 Å². The maximum Gasteiger partial charge on any atom is 0.151 e. The van der Waals surface area contributed by atoms with Crippen LogP contribution in [-0.4, -0.2) is 37.6 Å². The highest BCUT2D eigenvalue weighted by molar-refractivity contribution is 5.21. The molecule has 2 saturated heterocycles. The summed E-state index contributed by atoms with van der Waals surface area (Å²) in [5.41, 5.74) is 0. The van der Waals surface area contributed by atoms with Crippen molar-refractivity contribution in [2.45, 2.75) is 24.4 Å². The number of hydrogen-bond acceptors (Lipinski definition) is 4. The molecule has 2 fully saturated rings. The van der Waals surface area contributed by atoms with Gasteiger partial charge in [0.25, 0.3) is 0 Å². The van der Waals surface area contributed by atoms with Gasteiger partial charge in [0, 0.05) is 0 Å². The van der Waals surface area contributed by atoms with E-state index in [0.717, 1.165) is 5.75 Å². The molecule has 2 aliphatic heterocycles. The monoisotopic (exact) mass is 248 g/mol. The van der Waals surface area contributed by atoms with Crippen molar-refractivity contribution < 1.29 is 18.9 Å². The molecule has 1 aromatic carbocycles. The Morgan fingerprint density at radius 1 is 1.06 bits per heavy atom. The van der Waals surface area contributed by atoms with Gasteiger partial charge in [0.1, 0.15) is 24.1 Å². The lowest BCUT2D eigenvalue weighted by atomic mass is 10.1. The first-order valence-corrected chi connectivity index (χ1v) is 6.10. The fourth-order valence-electron chi connectivity index (χ4n) is 2.44. The maximum atomic E-state index is 5.88. The quantitative estimate of drug-likeness (QED) is 0.761. The van der Waals surface area contributed by atoms with Crippen molar-refractivity contribution in [3.05, 3.63) is 43.2 Å². The Labute approximate surface area is 106 Å². The van der Waals surface area contributed by atoms with Crippen LogP contribution in [0.1, 0.15) is 0 Å². The standard InChI is InChI=1S/C14H16O4/c1-2-15-11-8-16-14-12(9-17-13(11)14)18-10-6-4-3-5-7-10/h2-7,11-14H,1,8-9H2. The van der Waals surface area contributed by atoms with Gasteiger partial charge in [-0.2, -0.15) is 0 Å². The highest BCUT2D eigenvalue weighted by Gasteiger charge is 2.49. The molecule has 96 valence electrons. The van der Waals surface area contributed by atoms with Crippen molar-refractivity contribution >= 4 is 0 Å². The normalized spacial score (nSPS) is 34.0.